The summed E-state index contributed by atoms with van der Waals surface area (Å²) in [6, 6.07) is 11.7. The van der Waals surface area contributed by atoms with Crippen LogP contribution in [0.1, 0.15) is 27.7 Å². The van der Waals surface area contributed by atoms with E-state index in [0.717, 1.165) is 22.2 Å². The Morgan fingerprint density at radius 3 is 2.33 bits per heavy atom. The zero-order valence-electron chi connectivity index (χ0n) is 12.7. The van der Waals surface area contributed by atoms with E-state index in [1.54, 1.807) is 0 Å². The Bertz CT molecular complexity index is 659. The molecule has 0 bridgehead atoms. The highest BCUT2D eigenvalue weighted by molar-refractivity contribution is 9.10. The number of hydrogen-bond donors (Lipinski definition) is 1. The largest absolute Gasteiger partial charge is 0.490 e. The van der Waals surface area contributed by atoms with E-state index in [0.29, 0.717) is 0 Å². The van der Waals surface area contributed by atoms with Crippen LogP contribution in [0, 0.1) is 0 Å². The Morgan fingerprint density at radius 2 is 1.76 bits per heavy atom. The van der Waals surface area contributed by atoms with Crippen LogP contribution in [-0.4, -0.2) is 16.3 Å². The van der Waals surface area contributed by atoms with Gasteiger partial charge in [-0.05, 0) is 39.8 Å². The number of alkyl halides is 1. The Balaban J connectivity index is 2.45. The molecule has 2 aromatic rings. The highest BCUT2D eigenvalue weighted by Gasteiger charge is 2.24. The lowest BCUT2D eigenvalue weighted by molar-refractivity contribution is -0.117. The normalized spacial score (nSPS) is 11.7. The lowest BCUT2D eigenvalue weighted by Gasteiger charge is -2.18. The van der Waals surface area contributed by atoms with Crippen molar-refractivity contribution in [2.75, 3.05) is 5.32 Å². The summed E-state index contributed by atoms with van der Waals surface area (Å²) in [5, 5.41) is 4.93. The van der Waals surface area contributed by atoms with Crippen LogP contribution in [0.2, 0.25) is 0 Å². The molecule has 112 valence electrons. The molecular formula is C17H20BrNO2. The van der Waals surface area contributed by atoms with Crippen LogP contribution >= 0.6 is 15.9 Å². The SMILES string of the molecule is CC(C)Oc1ccc(NC(=O)C(C)(C)Br)c2ccccc12. The highest BCUT2D eigenvalue weighted by atomic mass is 79.9. The van der Waals surface area contributed by atoms with Crippen LogP contribution in [0.25, 0.3) is 10.8 Å². The number of halogens is 1. The molecule has 0 saturated heterocycles. The van der Waals surface area contributed by atoms with Crippen molar-refractivity contribution < 1.29 is 9.53 Å². The predicted molar refractivity (Wildman–Crippen MR) is 91.3 cm³/mol. The smallest absolute Gasteiger partial charge is 0.240 e. The topological polar surface area (TPSA) is 38.3 Å². The first-order chi connectivity index (χ1) is 9.79. The van der Waals surface area contributed by atoms with E-state index in [1.807, 2.05) is 64.1 Å². The van der Waals surface area contributed by atoms with Gasteiger partial charge in [-0.3, -0.25) is 4.79 Å². The van der Waals surface area contributed by atoms with Crippen LogP contribution in [0.15, 0.2) is 36.4 Å². The molecular weight excluding hydrogens is 330 g/mol. The van der Waals surface area contributed by atoms with Gasteiger partial charge in [0.15, 0.2) is 0 Å². The molecule has 2 rings (SSSR count). The van der Waals surface area contributed by atoms with E-state index in [1.165, 1.54) is 0 Å². The fraction of sp³-hybridized carbons (Fsp3) is 0.353. The van der Waals surface area contributed by atoms with Gasteiger partial charge in [-0.1, -0.05) is 40.2 Å². The van der Waals surface area contributed by atoms with Gasteiger partial charge in [-0.25, -0.2) is 0 Å². The second kappa shape index (κ2) is 6.06. The molecule has 0 atom stereocenters. The molecule has 3 nitrogen and oxygen atoms in total. The number of rotatable bonds is 4. The van der Waals surface area contributed by atoms with E-state index in [-0.39, 0.29) is 12.0 Å². The minimum Gasteiger partial charge on any atom is -0.490 e. The van der Waals surface area contributed by atoms with Gasteiger partial charge in [0.05, 0.1) is 10.4 Å². The van der Waals surface area contributed by atoms with Gasteiger partial charge in [0, 0.05) is 16.5 Å². The molecule has 0 aliphatic heterocycles. The molecule has 0 saturated carbocycles. The van der Waals surface area contributed by atoms with Crippen LogP contribution in [0.3, 0.4) is 0 Å². The first kappa shape index (κ1) is 15.8. The van der Waals surface area contributed by atoms with Crippen LogP contribution in [0.5, 0.6) is 5.75 Å². The van der Waals surface area contributed by atoms with Crippen molar-refractivity contribution >= 4 is 38.3 Å². The van der Waals surface area contributed by atoms with E-state index in [2.05, 4.69) is 21.2 Å². The molecule has 0 aliphatic carbocycles. The first-order valence-corrected chi connectivity index (χ1v) is 7.77. The zero-order valence-corrected chi connectivity index (χ0v) is 14.3. The van der Waals surface area contributed by atoms with Gasteiger partial charge >= 0.3 is 0 Å². The molecule has 0 fully saturated rings. The van der Waals surface area contributed by atoms with Crippen molar-refractivity contribution in [3.63, 3.8) is 0 Å². The van der Waals surface area contributed by atoms with Crippen molar-refractivity contribution in [2.45, 2.75) is 38.1 Å². The number of carbonyl (C=O) groups is 1. The van der Waals surface area contributed by atoms with E-state index in [9.17, 15) is 4.79 Å². The molecule has 21 heavy (non-hydrogen) atoms. The molecule has 4 heteroatoms. The third kappa shape index (κ3) is 3.76. The second-order valence-electron chi connectivity index (χ2n) is 5.75. The van der Waals surface area contributed by atoms with Crippen LogP contribution < -0.4 is 10.1 Å². The van der Waals surface area contributed by atoms with Gasteiger partial charge in [-0.15, -0.1) is 0 Å². The monoisotopic (exact) mass is 349 g/mol. The second-order valence-corrected chi connectivity index (χ2v) is 7.73. The number of hydrogen-bond acceptors (Lipinski definition) is 2. The quantitative estimate of drug-likeness (QED) is 0.809. The Labute approximate surface area is 133 Å². The number of anilines is 1. The van der Waals surface area contributed by atoms with E-state index >= 15 is 0 Å². The molecule has 0 spiro atoms. The molecule has 0 radical (unpaired) electrons. The summed E-state index contributed by atoms with van der Waals surface area (Å²) in [6.07, 6.45) is 0.107. The van der Waals surface area contributed by atoms with Gasteiger partial charge in [0.25, 0.3) is 0 Å². The molecule has 0 aromatic heterocycles. The van der Waals surface area contributed by atoms with Crippen molar-refractivity contribution in [3.8, 4) is 5.75 Å². The Kier molecular flexibility index (Phi) is 4.57. The number of fused-ring (bicyclic) bond motifs is 1. The minimum atomic E-state index is -0.610. The Hall–Kier alpha value is -1.55. The first-order valence-electron chi connectivity index (χ1n) is 6.98. The Morgan fingerprint density at radius 1 is 1.14 bits per heavy atom. The molecule has 1 amide bonds. The summed E-state index contributed by atoms with van der Waals surface area (Å²) in [5.74, 6) is 0.752. The lowest BCUT2D eigenvalue weighted by atomic mass is 10.1. The summed E-state index contributed by atoms with van der Waals surface area (Å²) in [4.78, 5) is 12.2. The third-order valence-corrected chi connectivity index (χ3v) is 3.40. The summed E-state index contributed by atoms with van der Waals surface area (Å²) in [6.45, 7) is 7.64. The van der Waals surface area contributed by atoms with Crippen molar-refractivity contribution in [1.82, 2.24) is 0 Å². The van der Waals surface area contributed by atoms with Crippen LogP contribution in [-0.2, 0) is 4.79 Å². The summed E-state index contributed by atoms with van der Waals surface area (Å²) in [7, 11) is 0. The van der Waals surface area contributed by atoms with Gasteiger partial charge < -0.3 is 10.1 Å². The number of benzene rings is 2. The predicted octanol–water partition coefficient (Wildman–Crippen LogP) is 4.74. The molecule has 0 heterocycles. The summed E-state index contributed by atoms with van der Waals surface area (Å²) < 4.78 is 5.22. The van der Waals surface area contributed by atoms with Crippen molar-refractivity contribution in [1.29, 1.82) is 0 Å². The maximum Gasteiger partial charge on any atom is 0.240 e. The maximum atomic E-state index is 12.2. The molecule has 1 N–H and O–H groups in total. The number of ether oxygens (including phenoxy) is 1. The minimum absolute atomic E-state index is 0.0785. The van der Waals surface area contributed by atoms with E-state index < -0.39 is 4.32 Å². The maximum absolute atomic E-state index is 12.2. The number of nitrogens with one attached hydrogen (secondary N) is 1. The molecule has 0 aliphatic rings. The number of amides is 1. The van der Waals surface area contributed by atoms with Gasteiger partial charge in [0.2, 0.25) is 5.91 Å². The number of carbonyl (C=O) groups excluding carboxylic acids is 1. The standard InChI is InChI=1S/C17H20BrNO2/c1-11(2)21-15-10-9-14(19-16(20)17(3,4)18)12-7-5-6-8-13(12)15/h5-11H,1-4H3,(H,19,20). The van der Waals surface area contributed by atoms with Crippen molar-refractivity contribution in [3.05, 3.63) is 36.4 Å². The van der Waals surface area contributed by atoms with E-state index in [4.69, 9.17) is 4.74 Å². The average Bonchev–Trinajstić information content (AvgIpc) is 2.40. The fourth-order valence-corrected chi connectivity index (χ4v) is 2.11. The summed E-state index contributed by atoms with van der Waals surface area (Å²) in [5.41, 5.74) is 0.791. The van der Waals surface area contributed by atoms with Gasteiger partial charge in [0.1, 0.15) is 5.75 Å². The molecule has 2 aromatic carbocycles. The lowest BCUT2D eigenvalue weighted by Crippen LogP contribution is -2.31. The zero-order chi connectivity index (χ0) is 15.6. The highest BCUT2D eigenvalue weighted by Crippen LogP contribution is 2.33. The average molecular weight is 350 g/mol. The fourth-order valence-electron chi connectivity index (χ4n) is 2.01. The summed E-state index contributed by atoms with van der Waals surface area (Å²) >= 11 is 3.38. The van der Waals surface area contributed by atoms with Crippen LogP contribution in [0.4, 0.5) is 5.69 Å². The molecule has 0 unspecified atom stereocenters. The van der Waals surface area contributed by atoms with Gasteiger partial charge in [-0.2, -0.15) is 0 Å². The van der Waals surface area contributed by atoms with Crippen molar-refractivity contribution in [2.24, 2.45) is 0 Å². The third-order valence-electron chi connectivity index (χ3n) is 3.03.